The van der Waals surface area contributed by atoms with E-state index in [4.69, 9.17) is 8.19 Å². The fraction of sp³-hybridized carbons (Fsp3) is 0.500. The van der Waals surface area contributed by atoms with Crippen molar-refractivity contribution in [3.05, 3.63) is 18.2 Å². The molecular formula is C14H23AsN2O5. The molecule has 1 aromatic carbocycles. The SMILES string of the molecule is C1CCNCC1.CC(=O)N(C)c1cc([As](=O)(O)O)ccc1O. The van der Waals surface area contributed by atoms with Gasteiger partial charge in [-0.25, -0.2) is 0 Å². The molecule has 22 heavy (non-hydrogen) atoms. The Morgan fingerprint density at radius 1 is 1.23 bits per heavy atom. The van der Waals surface area contributed by atoms with Crippen LogP contribution in [0.25, 0.3) is 0 Å². The quantitative estimate of drug-likeness (QED) is 0.529. The van der Waals surface area contributed by atoms with Gasteiger partial charge in [-0.1, -0.05) is 6.42 Å². The standard InChI is InChI=1S/C9H12AsNO5.C5H11N/c1-6(12)11(2)8-5-7(10(14,15)16)3-4-9(8)13;1-2-4-6-5-3-1/h3-5,13H,1-2H3,(H2,14,15,16);6H,1-5H2. The average Bonchev–Trinajstić information content (AvgIpc) is 2.48. The molecule has 1 aromatic rings. The minimum absolute atomic E-state index is 0.0785. The third kappa shape index (κ3) is 5.85. The molecule has 0 spiro atoms. The summed E-state index contributed by atoms with van der Waals surface area (Å²) in [5.74, 6) is -0.546. The second kappa shape index (κ2) is 8.38. The van der Waals surface area contributed by atoms with Crippen molar-refractivity contribution in [2.75, 3.05) is 25.0 Å². The Hall–Kier alpha value is -1.27. The van der Waals surface area contributed by atoms with Crippen molar-refractivity contribution in [3.63, 3.8) is 0 Å². The molecule has 1 saturated heterocycles. The Balaban J connectivity index is 0.000000335. The van der Waals surface area contributed by atoms with Crippen LogP contribution in [0.15, 0.2) is 18.2 Å². The first-order valence-corrected chi connectivity index (χ1v) is 10.5. The molecule has 0 radical (unpaired) electrons. The van der Waals surface area contributed by atoms with E-state index in [9.17, 15) is 13.6 Å². The molecule has 1 aliphatic rings. The molecule has 8 heteroatoms. The Kier molecular flexibility index (Phi) is 7.16. The molecule has 0 saturated carbocycles. The molecule has 0 aromatic heterocycles. The fourth-order valence-corrected chi connectivity index (χ4v) is 3.11. The van der Waals surface area contributed by atoms with Gasteiger partial charge in [-0.3, -0.25) is 0 Å². The first-order chi connectivity index (χ1) is 10.2. The number of carbonyl (C=O) groups excluding carboxylic acids is 1. The molecule has 0 unspecified atom stereocenters. The summed E-state index contributed by atoms with van der Waals surface area (Å²) in [6, 6.07) is 3.42. The number of amides is 1. The molecule has 1 heterocycles. The second-order valence-electron chi connectivity index (χ2n) is 5.11. The van der Waals surface area contributed by atoms with E-state index in [1.54, 1.807) is 0 Å². The van der Waals surface area contributed by atoms with Crippen molar-refractivity contribution >= 4 is 30.1 Å². The third-order valence-electron chi connectivity index (χ3n) is 3.34. The van der Waals surface area contributed by atoms with Crippen molar-refractivity contribution in [1.82, 2.24) is 5.32 Å². The van der Waals surface area contributed by atoms with Crippen LogP contribution in [0.5, 0.6) is 5.75 Å². The maximum absolute atomic E-state index is 11.1. The molecule has 7 nitrogen and oxygen atoms in total. The third-order valence-corrected chi connectivity index (χ3v) is 5.33. The summed E-state index contributed by atoms with van der Waals surface area (Å²) in [6.45, 7) is 3.79. The van der Waals surface area contributed by atoms with Gasteiger partial charge >= 0.3 is 94.8 Å². The molecule has 1 amide bonds. The van der Waals surface area contributed by atoms with Crippen LogP contribution in [-0.4, -0.2) is 53.5 Å². The van der Waals surface area contributed by atoms with E-state index < -0.39 is 14.2 Å². The first-order valence-electron chi connectivity index (χ1n) is 7.07. The van der Waals surface area contributed by atoms with Crippen molar-refractivity contribution in [3.8, 4) is 5.75 Å². The predicted octanol–water partition coefficient (Wildman–Crippen LogP) is -0.304. The van der Waals surface area contributed by atoms with E-state index >= 15 is 0 Å². The number of anilines is 1. The van der Waals surface area contributed by atoms with Crippen LogP contribution in [0.1, 0.15) is 26.2 Å². The number of nitrogens with one attached hydrogen (secondary N) is 1. The zero-order valence-electron chi connectivity index (χ0n) is 12.8. The van der Waals surface area contributed by atoms with E-state index in [1.165, 1.54) is 46.3 Å². The summed E-state index contributed by atoms with van der Waals surface area (Å²) in [7, 11) is 1.41. The normalized spacial score (nSPS) is 14.7. The van der Waals surface area contributed by atoms with Crippen LogP contribution in [0, 0.1) is 0 Å². The summed E-state index contributed by atoms with van der Waals surface area (Å²) in [4.78, 5) is 12.2. The molecule has 2 rings (SSSR count). The Bertz CT molecular complexity index is 543. The van der Waals surface area contributed by atoms with Crippen molar-refractivity contribution in [2.45, 2.75) is 26.2 Å². The summed E-state index contributed by atoms with van der Waals surface area (Å²) < 4.78 is 28.9. The second-order valence-corrected chi connectivity index (χ2v) is 8.47. The molecule has 0 atom stereocenters. The van der Waals surface area contributed by atoms with Gasteiger partial charge < -0.3 is 5.32 Å². The Morgan fingerprint density at radius 3 is 2.18 bits per heavy atom. The number of aromatic hydroxyl groups is 1. The van der Waals surface area contributed by atoms with Crippen LogP contribution in [0.2, 0.25) is 0 Å². The number of nitrogens with zero attached hydrogens (tertiary/aromatic N) is 1. The summed E-state index contributed by atoms with van der Waals surface area (Å²) in [5, 5.41) is 12.8. The number of phenolic OH excluding ortho intramolecular Hbond substituents is 1. The summed E-state index contributed by atoms with van der Waals surface area (Å²) in [6.07, 6.45) is 4.22. The monoisotopic (exact) mass is 374 g/mol. The first kappa shape index (κ1) is 18.8. The van der Waals surface area contributed by atoms with Gasteiger partial charge in [0, 0.05) is 0 Å². The molecule has 124 valence electrons. The van der Waals surface area contributed by atoms with Gasteiger partial charge in [0.05, 0.1) is 0 Å². The fourth-order valence-electron chi connectivity index (χ4n) is 1.93. The molecule has 0 aliphatic carbocycles. The van der Waals surface area contributed by atoms with Gasteiger partial charge in [-0.15, -0.1) is 0 Å². The van der Waals surface area contributed by atoms with E-state index in [-0.39, 0.29) is 21.7 Å². The zero-order valence-corrected chi connectivity index (χ0v) is 14.7. The number of piperidine rings is 1. The average molecular weight is 374 g/mol. The van der Waals surface area contributed by atoms with E-state index in [0.29, 0.717) is 0 Å². The molecule has 0 bridgehead atoms. The van der Waals surface area contributed by atoms with Crippen molar-refractivity contribution < 1.29 is 21.8 Å². The van der Waals surface area contributed by atoms with Gasteiger partial charge in [0.25, 0.3) is 0 Å². The Morgan fingerprint density at radius 2 is 1.82 bits per heavy atom. The van der Waals surface area contributed by atoms with E-state index in [1.807, 2.05) is 0 Å². The van der Waals surface area contributed by atoms with Crippen LogP contribution >= 0.6 is 0 Å². The number of hydrogen-bond acceptors (Lipinski definition) is 4. The predicted molar refractivity (Wildman–Crippen MR) is 84.4 cm³/mol. The van der Waals surface area contributed by atoms with Crippen LogP contribution in [0.3, 0.4) is 0 Å². The molecule has 4 N–H and O–H groups in total. The topological polar surface area (TPSA) is 110 Å². The molecule has 1 aliphatic heterocycles. The van der Waals surface area contributed by atoms with Gasteiger partial charge in [-0.05, 0) is 25.9 Å². The minimum atomic E-state index is -5.00. The van der Waals surface area contributed by atoms with Gasteiger partial charge in [0.15, 0.2) is 0 Å². The number of rotatable bonds is 2. The van der Waals surface area contributed by atoms with Crippen LogP contribution < -0.4 is 14.6 Å². The van der Waals surface area contributed by atoms with Crippen LogP contribution in [-0.2, 0) is 8.53 Å². The maximum atomic E-state index is 11.1. The summed E-state index contributed by atoms with van der Waals surface area (Å²) >= 11 is -5.00. The summed E-state index contributed by atoms with van der Waals surface area (Å²) in [5.41, 5.74) is 0.0785. The molecule has 1 fully saturated rings. The van der Waals surface area contributed by atoms with Crippen LogP contribution in [0.4, 0.5) is 5.69 Å². The molecular weight excluding hydrogens is 351 g/mol. The van der Waals surface area contributed by atoms with Gasteiger partial charge in [0.2, 0.25) is 0 Å². The van der Waals surface area contributed by atoms with Gasteiger partial charge in [-0.2, -0.15) is 0 Å². The van der Waals surface area contributed by atoms with E-state index in [0.717, 1.165) is 23.1 Å². The van der Waals surface area contributed by atoms with Crippen molar-refractivity contribution in [1.29, 1.82) is 0 Å². The van der Waals surface area contributed by atoms with Gasteiger partial charge in [0.1, 0.15) is 0 Å². The zero-order chi connectivity index (χ0) is 16.8. The number of hydrogen-bond donors (Lipinski definition) is 4. The van der Waals surface area contributed by atoms with Crippen molar-refractivity contribution in [2.24, 2.45) is 0 Å². The number of phenols is 1. The number of benzene rings is 1. The van der Waals surface area contributed by atoms with E-state index in [2.05, 4.69) is 5.32 Å². The Labute approximate surface area is 133 Å². The number of carbonyl (C=O) groups is 1.